The Morgan fingerprint density at radius 1 is 1.48 bits per heavy atom. The molecule has 2 aromatic rings. The molecular weight excluding hydrogens is 284 g/mol. The zero-order chi connectivity index (χ0) is 15.4. The van der Waals surface area contributed by atoms with E-state index in [9.17, 15) is 4.79 Å². The van der Waals surface area contributed by atoms with E-state index in [1.54, 1.807) is 16.0 Å². The van der Waals surface area contributed by atoms with Crippen molar-refractivity contribution in [3.63, 3.8) is 0 Å². The van der Waals surface area contributed by atoms with E-state index in [1.165, 1.54) is 5.56 Å². The van der Waals surface area contributed by atoms with Gasteiger partial charge in [0.15, 0.2) is 0 Å². The first-order valence-corrected chi connectivity index (χ1v) is 7.88. The summed E-state index contributed by atoms with van der Waals surface area (Å²) < 4.78 is 1.74. The monoisotopic (exact) mass is 306 g/mol. The third-order valence-electron chi connectivity index (χ3n) is 3.44. The summed E-state index contributed by atoms with van der Waals surface area (Å²) in [4.78, 5) is 14.2. The summed E-state index contributed by atoms with van der Waals surface area (Å²) in [5.74, 6) is -0.0109. The average molecular weight is 306 g/mol. The molecule has 0 unspecified atom stereocenters. The number of rotatable bonds is 6. The summed E-state index contributed by atoms with van der Waals surface area (Å²) in [6.45, 7) is 4.76. The van der Waals surface area contributed by atoms with Crippen molar-refractivity contribution in [2.75, 3.05) is 20.6 Å². The Morgan fingerprint density at radius 3 is 2.76 bits per heavy atom. The van der Waals surface area contributed by atoms with Crippen molar-refractivity contribution in [1.29, 1.82) is 0 Å². The highest BCUT2D eigenvalue weighted by molar-refractivity contribution is 7.07. The molecule has 0 saturated heterocycles. The van der Waals surface area contributed by atoms with Gasteiger partial charge in [0, 0.05) is 12.2 Å². The molecule has 0 aliphatic rings. The van der Waals surface area contributed by atoms with Gasteiger partial charge in [-0.2, -0.15) is 16.4 Å². The molecule has 0 spiro atoms. The maximum absolute atomic E-state index is 12.1. The van der Waals surface area contributed by atoms with Crippen LogP contribution in [0.3, 0.4) is 0 Å². The molecule has 0 saturated carbocycles. The minimum Gasteiger partial charge on any atom is -0.353 e. The first-order valence-electron chi connectivity index (χ1n) is 6.93. The van der Waals surface area contributed by atoms with Gasteiger partial charge in [-0.15, -0.1) is 0 Å². The third kappa shape index (κ3) is 4.15. The molecule has 0 aliphatic heterocycles. The molecule has 0 aliphatic carbocycles. The zero-order valence-electron chi connectivity index (χ0n) is 13.0. The van der Waals surface area contributed by atoms with Crippen LogP contribution in [0.2, 0.25) is 0 Å². The molecule has 0 fully saturated rings. The van der Waals surface area contributed by atoms with E-state index in [-0.39, 0.29) is 18.5 Å². The lowest BCUT2D eigenvalue weighted by Gasteiger charge is -2.24. The van der Waals surface area contributed by atoms with Gasteiger partial charge in [-0.05, 0) is 56.4 Å². The van der Waals surface area contributed by atoms with Crippen LogP contribution in [0.1, 0.15) is 23.0 Å². The van der Waals surface area contributed by atoms with Crippen molar-refractivity contribution in [3.8, 4) is 0 Å². The lowest BCUT2D eigenvalue weighted by molar-refractivity contribution is -0.122. The van der Waals surface area contributed by atoms with Gasteiger partial charge in [0.1, 0.15) is 6.54 Å². The van der Waals surface area contributed by atoms with Crippen LogP contribution in [0, 0.1) is 13.8 Å². The van der Waals surface area contributed by atoms with E-state index in [4.69, 9.17) is 0 Å². The minimum atomic E-state index is -0.0109. The van der Waals surface area contributed by atoms with Crippen molar-refractivity contribution >= 4 is 17.2 Å². The lowest BCUT2D eigenvalue weighted by atomic mass is 10.1. The van der Waals surface area contributed by atoms with E-state index >= 15 is 0 Å². The number of hydrogen-bond acceptors (Lipinski definition) is 4. The summed E-state index contributed by atoms with van der Waals surface area (Å²) in [5.41, 5.74) is 3.17. The molecule has 21 heavy (non-hydrogen) atoms. The van der Waals surface area contributed by atoms with Crippen molar-refractivity contribution in [2.45, 2.75) is 26.4 Å². The Labute approximate surface area is 129 Å². The third-order valence-corrected chi connectivity index (χ3v) is 4.14. The smallest absolute Gasteiger partial charge is 0.241 e. The lowest BCUT2D eigenvalue weighted by Crippen LogP contribution is -2.36. The number of amides is 1. The Morgan fingerprint density at radius 2 is 2.24 bits per heavy atom. The Bertz CT molecular complexity index is 589. The normalized spacial score (nSPS) is 12.6. The van der Waals surface area contributed by atoms with E-state index in [2.05, 4.69) is 32.1 Å². The molecule has 5 nitrogen and oxygen atoms in total. The Kier molecular flexibility index (Phi) is 5.14. The molecular formula is C15H22N4OS. The van der Waals surface area contributed by atoms with Gasteiger partial charge < -0.3 is 10.2 Å². The zero-order valence-corrected chi connectivity index (χ0v) is 13.8. The number of aromatic nitrogens is 2. The maximum atomic E-state index is 12.1. The molecule has 1 N–H and O–H groups in total. The summed E-state index contributed by atoms with van der Waals surface area (Å²) in [6.07, 6.45) is 0. The molecule has 2 aromatic heterocycles. The first-order chi connectivity index (χ1) is 9.97. The number of carbonyl (C=O) groups excluding carboxylic acids is 1. The number of aryl methyl sites for hydroxylation is 2. The molecule has 2 rings (SSSR count). The number of hydrogen-bond donors (Lipinski definition) is 1. The van der Waals surface area contributed by atoms with Gasteiger partial charge in [-0.1, -0.05) is 0 Å². The second-order valence-corrected chi connectivity index (χ2v) is 6.20. The molecule has 6 heteroatoms. The number of likely N-dealkylation sites (N-methyl/N-ethyl adjacent to an activating group) is 1. The van der Waals surface area contributed by atoms with Crippen LogP contribution >= 0.6 is 11.3 Å². The summed E-state index contributed by atoms with van der Waals surface area (Å²) >= 11 is 1.67. The Hall–Kier alpha value is -1.66. The van der Waals surface area contributed by atoms with Crippen LogP contribution in [-0.2, 0) is 11.3 Å². The van der Waals surface area contributed by atoms with Crippen molar-refractivity contribution in [3.05, 3.63) is 39.8 Å². The van der Waals surface area contributed by atoms with Crippen LogP contribution in [0.15, 0.2) is 22.9 Å². The van der Waals surface area contributed by atoms with Gasteiger partial charge >= 0.3 is 0 Å². The van der Waals surface area contributed by atoms with Crippen LogP contribution in [0.5, 0.6) is 0 Å². The highest BCUT2D eigenvalue weighted by atomic mass is 32.1. The highest BCUT2D eigenvalue weighted by Crippen LogP contribution is 2.19. The van der Waals surface area contributed by atoms with Crippen LogP contribution < -0.4 is 5.32 Å². The largest absolute Gasteiger partial charge is 0.353 e. The van der Waals surface area contributed by atoms with Gasteiger partial charge in [0.05, 0.1) is 11.7 Å². The van der Waals surface area contributed by atoms with Crippen LogP contribution in [0.4, 0.5) is 0 Å². The van der Waals surface area contributed by atoms with Gasteiger partial charge in [0.25, 0.3) is 0 Å². The fourth-order valence-corrected chi connectivity index (χ4v) is 3.01. The Balaban J connectivity index is 1.92. The quantitative estimate of drug-likeness (QED) is 0.888. The molecule has 114 valence electrons. The van der Waals surface area contributed by atoms with Crippen molar-refractivity contribution < 1.29 is 4.79 Å². The van der Waals surface area contributed by atoms with Crippen LogP contribution in [-0.4, -0.2) is 41.2 Å². The number of nitrogens with one attached hydrogen (secondary N) is 1. The van der Waals surface area contributed by atoms with Crippen molar-refractivity contribution in [2.24, 2.45) is 0 Å². The van der Waals surface area contributed by atoms with E-state index in [1.807, 2.05) is 34.0 Å². The molecule has 0 aromatic carbocycles. The fourth-order valence-electron chi connectivity index (χ4n) is 2.30. The highest BCUT2D eigenvalue weighted by Gasteiger charge is 2.16. The number of nitrogens with zero attached hydrogens (tertiary/aromatic N) is 3. The molecule has 2 heterocycles. The minimum absolute atomic E-state index is 0.0109. The SMILES string of the molecule is Cc1cc(C)n(CC(=O)NC[C@@H](c2ccsc2)N(C)C)n1. The number of thiophene rings is 1. The predicted molar refractivity (Wildman–Crippen MR) is 85.5 cm³/mol. The van der Waals surface area contributed by atoms with Crippen LogP contribution in [0.25, 0.3) is 0 Å². The second kappa shape index (κ2) is 6.87. The molecule has 0 bridgehead atoms. The summed E-state index contributed by atoms with van der Waals surface area (Å²) in [7, 11) is 4.05. The number of carbonyl (C=O) groups is 1. The first kappa shape index (κ1) is 15.7. The van der Waals surface area contributed by atoms with E-state index < -0.39 is 0 Å². The fraction of sp³-hybridized carbons (Fsp3) is 0.467. The van der Waals surface area contributed by atoms with Gasteiger partial charge in [-0.25, -0.2) is 0 Å². The molecule has 1 atom stereocenters. The second-order valence-electron chi connectivity index (χ2n) is 5.42. The predicted octanol–water partition coefficient (Wildman–Crippen LogP) is 1.98. The van der Waals surface area contributed by atoms with Crippen molar-refractivity contribution in [1.82, 2.24) is 20.0 Å². The molecule has 1 amide bonds. The maximum Gasteiger partial charge on any atom is 0.241 e. The molecule has 0 radical (unpaired) electrons. The standard InChI is InChI=1S/C15H22N4OS/c1-11-7-12(2)19(17-11)9-15(20)16-8-14(18(3)4)13-5-6-21-10-13/h5-7,10,14H,8-9H2,1-4H3,(H,16,20)/t14-/m0/s1. The van der Waals surface area contributed by atoms with E-state index in [0.29, 0.717) is 6.54 Å². The average Bonchev–Trinajstić information content (AvgIpc) is 3.00. The summed E-state index contributed by atoms with van der Waals surface area (Å²) in [6, 6.07) is 4.27. The summed E-state index contributed by atoms with van der Waals surface area (Å²) in [5, 5.41) is 11.5. The van der Waals surface area contributed by atoms with Gasteiger partial charge in [0.2, 0.25) is 5.91 Å². The van der Waals surface area contributed by atoms with E-state index in [0.717, 1.165) is 11.4 Å². The topological polar surface area (TPSA) is 50.2 Å². The van der Waals surface area contributed by atoms with Gasteiger partial charge in [-0.3, -0.25) is 9.48 Å².